The van der Waals surface area contributed by atoms with Gasteiger partial charge in [-0.25, -0.2) is 19.6 Å². The Balaban J connectivity index is 0.750. The first kappa shape index (κ1) is 45.4. The third-order valence-corrected chi connectivity index (χ3v) is 16.0. The molecule has 2 saturated carbocycles. The summed E-state index contributed by atoms with van der Waals surface area (Å²) in [6, 6.07) is 37.3. The predicted octanol–water partition coefficient (Wildman–Crippen LogP) is 11.1. The highest BCUT2D eigenvalue weighted by molar-refractivity contribution is 5.96. The van der Waals surface area contributed by atoms with Crippen LogP contribution in [0.3, 0.4) is 0 Å². The van der Waals surface area contributed by atoms with Gasteiger partial charge in [0.2, 0.25) is 11.8 Å². The summed E-state index contributed by atoms with van der Waals surface area (Å²) in [6.45, 7) is 7.65. The van der Waals surface area contributed by atoms with Crippen molar-refractivity contribution >= 4 is 67.6 Å². The fraction of sp³-hybridized carbons (Fsp3) is 0.345. The molecule has 2 saturated heterocycles. The average Bonchev–Trinajstić information content (AvgIpc) is 4.04. The molecule has 14 heteroatoms. The van der Waals surface area contributed by atoms with Crippen LogP contribution in [0.5, 0.6) is 0 Å². The number of carbonyl (C=O) groups excluding carboxylic acids is 3. The lowest BCUT2D eigenvalue weighted by Crippen LogP contribution is -2.52. The van der Waals surface area contributed by atoms with Crippen LogP contribution in [-0.2, 0) is 14.3 Å². The highest BCUT2D eigenvalue weighted by atomic mass is 16.5. The smallest absolute Gasteiger partial charge is 0.407 e. The maximum atomic E-state index is 14.0. The lowest BCUT2D eigenvalue weighted by molar-refractivity contribution is -0.140. The largest absolute Gasteiger partial charge is 0.465 e. The molecule has 0 spiro atoms. The summed E-state index contributed by atoms with van der Waals surface area (Å²) in [5.74, 6) is 1.87. The Morgan fingerprint density at radius 2 is 1.00 bits per heavy atom. The number of hydrogen-bond donors (Lipinski definition) is 4. The number of H-pyrrole nitrogens is 2. The molecule has 14 nitrogen and oxygen atoms in total. The van der Waals surface area contributed by atoms with Crippen molar-refractivity contribution in [2.24, 2.45) is 23.7 Å². The molecule has 8 aromatic rings. The van der Waals surface area contributed by atoms with E-state index in [1.54, 1.807) is 0 Å². The highest BCUT2D eigenvalue weighted by Crippen LogP contribution is 2.55. The lowest BCUT2D eigenvalue weighted by Gasteiger charge is -2.35. The van der Waals surface area contributed by atoms with Crippen LogP contribution in [0.2, 0.25) is 0 Å². The van der Waals surface area contributed by atoms with Crippen LogP contribution < -0.4 is 5.32 Å². The average molecular weight is 963 g/mol. The fourth-order valence-electron chi connectivity index (χ4n) is 12.0. The molecule has 72 heavy (non-hydrogen) atoms. The van der Waals surface area contributed by atoms with Crippen molar-refractivity contribution < 1.29 is 29.0 Å². The summed E-state index contributed by atoms with van der Waals surface area (Å²) < 4.78 is 4.84. The molecule has 8 atom stereocenters. The molecule has 6 aromatic carbocycles. The van der Waals surface area contributed by atoms with E-state index < -0.39 is 24.3 Å². The van der Waals surface area contributed by atoms with Gasteiger partial charge in [0.1, 0.15) is 23.7 Å². The summed E-state index contributed by atoms with van der Waals surface area (Å²) in [5, 5.41) is 17.1. The van der Waals surface area contributed by atoms with Crippen molar-refractivity contribution in [3.63, 3.8) is 0 Å². The summed E-state index contributed by atoms with van der Waals surface area (Å²) in [7, 11) is 2.79. The van der Waals surface area contributed by atoms with Crippen LogP contribution >= 0.6 is 0 Å². The zero-order valence-electron chi connectivity index (χ0n) is 41.2. The van der Waals surface area contributed by atoms with E-state index in [-0.39, 0.29) is 47.8 Å². The number of benzene rings is 6. The zero-order valence-corrected chi connectivity index (χ0v) is 41.2. The highest BCUT2D eigenvalue weighted by Gasteiger charge is 2.58. The Kier molecular flexibility index (Phi) is 10.9. The van der Waals surface area contributed by atoms with Gasteiger partial charge in [-0.2, -0.15) is 0 Å². The third-order valence-electron chi connectivity index (χ3n) is 16.0. The lowest BCUT2D eigenvalue weighted by atomic mass is 9.95. The number of ether oxygens (including phenoxy) is 1. The first-order valence-corrected chi connectivity index (χ1v) is 25.2. The normalized spacial score (nSPS) is 21.9. The van der Waals surface area contributed by atoms with E-state index in [9.17, 15) is 24.3 Å². The van der Waals surface area contributed by atoms with E-state index in [0.29, 0.717) is 11.8 Å². The van der Waals surface area contributed by atoms with Gasteiger partial charge in [0, 0.05) is 19.1 Å². The number of aromatic nitrogens is 4. The van der Waals surface area contributed by atoms with Crippen molar-refractivity contribution in [3.8, 4) is 33.4 Å². The summed E-state index contributed by atoms with van der Waals surface area (Å²) in [6.07, 6.45) is 1.87. The van der Waals surface area contributed by atoms with Gasteiger partial charge in [0.25, 0.3) is 0 Å². The minimum Gasteiger partial charge on any atom is -0.465 e. The number of carbonyl (C=O) groups is 4. The molecular weight excluding hydrogens is 905 g/mol. The third kappa shape index (κ3) is 7.87. The first-order valence-electron chi connectivity index (χ1n) is 25.2. The molecule has 2 aromatic heterocycles. The van der Waals surface area contributed by atoms with Crippen molar-refractivity contribution in [2.45, 2.75) is 89.6 Å². The number of piperidine rings is 2. The Morgan fingerprint density at radius 1 is 0.597 bits per heavy atom. The zero-order chi connectivity index (χ0) is 49.9. The number of carboxylic acid groups (broad SMARTS) is 1. The number of imidazole rings is 2. The maximum Gasteiger partial charge on any atom is 0.407 e. The van der Waals surface area contributed by atoms with Crippen LogP contribution in [0, 0.1) is 23.7 Å². The standard InChI is InChI=1S/C58H58N8O6/c1-29(2)51(63-57(69)72-6)55(67)65-47-25-41(47)27-49(65)53-59-43-17-15-39(23-45(43)61-53)37-13-11-33-19-31(7-9-35(33)21-37)32-8-10-36-22-38(14-12-34(36)20-32)40-16-18-44-46(24-40)62-54(60-44)50-28-42-26-48(42)66(50)56(68)52(30(3)4)64(5)58(70)71/h7-24,29-30,41-42,47-52H,25-28H2,1-6H3,(H,59,61)(H,60,62)(H,63,69)(H,70,71)/t41-,42-,47-,48-,49+,50+,51+,52+/m1/s1. The van der Waals surface area contributed by atoms with Crippen LogP contribution in [0.15, 0.2) is 109 Å². The molecule has 4 fully saturated rings. The van der Waals surface area contributed by atoms with E-state index in [2.05, 4.69) is 124 Å². The Morgan fingerprint density at radius 3 is 1.39 bits per heavy atom. The number of nitrogens with one attached hydrogen (secondary N) is 3. The van der Waals surface area contributed by atoms with E-state index in [1.807, 2.05) is 37.5 Å². The van der Waals surface area contributed by atoms with Gasteiger partial charge in [-0.3, -0.25) is 14.5 Å². The topological polar surface area (TPSA) is 177 Å². The number of alkyl carbamates (subject to hydrolysis) is 1. The first-order chi connectivity index (χ1) is 34.7. The summed E-state index contributed by atoms with van der Waals surface area (Å²) >= 11 is 0. The van der Waals surface area contributed by atoms with E-state index in [4.69, 9.17) is 14.7 Å². The summed E-state index contributed by atoms with van der Waals surface area (Å²) in [5.41, 5.74) is 10.1. The second kappa shape index (κ2) is 17.2. The summed E-state index contributed by atoms with van der Waals surface area (Å²) in [4.78, 5) is 74.2. The van der Waals surface area contributed by atoms with Gasteiger partial charge in [-0.05, 0) is 153 Å². The van der Waals surface area contributed by atoms with E-state index in [0.717, 1.165) is 119 Å². The molecule has 0 unspecified atom stereocenters. The number of fused-ring (bicyclic) bond motifs is 6. The van der Waals surface area contributed by atoms with Gasteiger partial charge in [0.05, 0.1) is 41.3 Å². The second-order valence-corrected chi connectivity index (χ2v) is 21.3. The maximum absolute atomic E-state index is 14.0. The number of rotatable bonds is 11. The molecule has 4 N–H and O–H groups in total. The van der Waals surface area contributed by atoms with Crippen molar-refractivity contribution in [2.75, 3.05) is 14.2 Å². The van der Waals surface area contributed by atoms with E-state index in [1.165, 1.54) is 14.2 Å². The van der Waals surface area contributed by atoms with Crippen LogP contribution in [0.25, 0.3) is 77.0 Å². The van der Waals surface area contributed by atoms with Crippen molar-refractivity contribution in [3.05, 3.63) is 121 Å². The number of amides is 4. The van der Waals surface area contributed by atoms with Crippen LogP contribution in [0.4, 0.5) is 9.59 Å². The van der Waals surface area contributed by atoms with Crippen molar-refractivity contribution in [1.29, 1.82) is 0 Å². The predicted molar refractivity (Wildman–Crippen MR) is 278 cm³/mol. The van der Waals surface area contributed by atoms with Crippen molar-refractivity contribution in [1.82, 2.24) is 40.0 Å². The molecule has 4 aliphatic rings. The molecule has 2 aliphatic carbocycles. The number of hydrogen-bond acceptors (Lipinski definition) is 7. The molecule has 4 amide bonds. The molecule has 4 heterocycles. The van der Waals surface area contributed by atoms with Gasteiger partial charge in [-0.1, -0.05) is 88.4 Å². The molecule has 2 aliphatic heterocycles. The van der Waals surface area contributed by atoms with E-state index >= 15 is 0 Å². The van der Waals surface area contributed by atoms with Gasteiger partial charge < -0.3 is 34.9 Å². The molecular formula is C58H58N8O6. The molecule has 366 valence electrons. The number of likely N-dealkylation sites (N-methyl/N-ethyl adjacent to an activating group) is 1. The number of aromatic amines is 2. The Labute approximate surface area is 416 Å². The number of methoxy groups -OCH3 is 1. The van der Waals surface area contributed by atoms with Gasteiger partial charge >= 0.3 is 12.2 Å². The number of likely N-dealkylation sites (tertiary alicyclic amines) is 2. The number of nitrogens with zero attached hydrogens (tertiary/aromatic N) is 5. The fourth-order valence-corrected chi connectivity index (χ4v) is 12.0. The molecule has 12 rings (SSSR count). The van der Waals surface area contributed by atoms with Gasteiger partial charge in [0.15, 0.2) is 0 Å². The van der Waals surface area contributed by atoms with Gasteiger partial charge in [-0.15, -0.1) is 0 Å². The van der Waals surface area contributed by atoms with Crippen LogP contribution in [0.1, 0.15) is 77.1 Å². The SMILES string of the molecule is COC(=O)N[C@H](C(=O)N1[C@@H]2C[C@@H]2C[C@H]1c1nc2cc(-c3ccc4cc(-c5ccc6cc(-c7ccc8[nH]c([C@@H]9C[C@H]%10C[C@H]%10N9C(=O)[C@H](C(C)C)N(C)C(=O)O)nc8c7)ccc6c5)ccc4c3)ccc2[nH]1)C(C)C. The second-order valence-electron chi connectivity index (χ2n) is 21.3. The molecule has 0 bridgehead atoms. The minimum atomic E-state index is -1.11. The Hall–Kier alpha value is -7.74. The molecule has 0 radical (unpaired) electrons. The van der Waals surface area contributed by atoms with Crippen LogP contribution in [-0.4, -0.2) is 102 Å². The Bertz CT molecular complexity index is 3520. The quantitative estimate of drug-likeness (QED) is 0.0990. The minimum absolute atomic E-state index is 0.0926. The monoisotopic (exact) mass is 962 g/mol.